The Morgan fingerprint density at radius 1 is 1.50 bits per heavy atom. The van der Waals surface area contributed by atoms with Crippen molar-refractivity contribution in [2.24, 2.45) is 0 Å². The molecule has 4 heteroatoms. The molecule has 1 heterocycles. The molecule has 0 aromatic carbocycles. The van der Waals surface area contributed by atoms with E-state index in [0.717, 1.165) is 19.4 Å². The van der Waals surface area contributed by atoms with Gasteiger partial charge in [0.05, 0.1) is 19.8 Å². The Bertz CT molecular complexity index is 187. The first kappa shape index (κ1) is 11.2. The average Bonchev–Trinajstić information content (AvgIpc) is 2.99. The number of carbonyl (C=O) groups excluding carboxylic acids is 1. The topological polar surface area (TPSA) is 48.1 Å². The summed E-state index contributed by atoms with van der Waals surface area (Å²) in [6, 6.07) is 0. The van der Waals surface area contributed by atoms with E-state index in [4.69, 9.17) is 14.2 Å². The van der Waals surface area contributed by atoms with Gasteiger partial charge in [0.25, 0.3) is 0 Å². The lowest BCUT2D eigenvalue weighted by Crippen LogP contribution is -2.05. The first-order chi connectivity index (χ1) is 6.83. The number of rotatable bonds is 8. The summed E-state index contributed by atoms with van der Waals surface area (Å²) in [5.74, 6) is -0.364. The molecular formula is C10H16O4. The summed E-state index contributed by atoms with van der Waals surface area (Å²) < 4.78 is 15.1. The van der Waals surface area contributed by atoms with Gasteiger partial charge in [-0.05, 0) is 12.8 Å². The van der Waals surface area contributed by atoms with E-state index < -0.39 is 0 Å². The van der Waals surface area contributed by atoms with E-state index in [1.54, 1.807) is 0 Å². The smallest absolute Gasteiger partial charge is 0.330 e. The fourth-order valence-corrected chi connectivity index (χ4v) is 0.917. The highest BCUT2D eigenvalue weighted by Gasteiger charge is 2.21. The van der Waals surface area contributed by atoms with Gasteiger partial charge in [-0.25, -0.2) is 4.79 Å². The third kappa shape index (κ3) is 5.72. The van der Waals surface area contributed by atoms with E-state index in [0.29, 0.717) is 25.9 Å². The van der Waals surface area contributed by atoms with Crippen molar-refractivity contribution in [3.8, 4) is 0 Å². The van der Waals surface area contributed by atoms with Gasteiger partial charge in [0, 0.05) is 12.7 Å². The maximum Gasteiger partial charge on any atom is 0.330 e. The van der Waals surface area contributed by atoms with Crippen LogP contribution in [-0.2, 0) is 19.0 Å². The summed E-state index contributed by atoms with van der Waals surface area (Å²) in [5.41, 5.74) is 0. The van der Waals surface area contributed by atoms with E-state index in [1.165, 1.54) is 6.08 Å². The maximum atomic E-state index is 10.6. The zero-order valence-corrected chi connectivity index (χ0v) is 8.24. The maximum absolute atomic E-state index is 10.6. The molecule has 80 valence electrons. The highest BCUT2D eigenvalue weighted by Crippen LogP contribution is 2.08. The molecule has 1 aliphatic rings. The molecule has 1 aliphatic heterocycles. The molecule has 1 fully saturated rings. The van der Waals surface area contributed by atoms with Crippen molar-refractivity contribution in [3.63, 3.8) is 0 Å². The quantitative estimate of drug-likeness (QED) is 0.253. The van der Waals surface area contributed by atoms with Crippen LogP contribution in [0.15, 0.2) is 12.7 Å². The number of esters is 1. The molecular weight excluding hydrogens is 184 g/mol. The molecule has 1 atom stereocenters. The minimum absolute atomic E-state index is 0.327. The van der Waals surface area contributed by atoms with Crippen molar-refractivity contribution in [1.82, 2.24) is 0 Å². The van der Waals surface area contributed by atoms with Crippen molar-refractivity contribution in [2.75, 3.05) is 26.4 Å². The third-order valence-electron chi connectivity index (χ3n) is 1.80. The fraction of sp³-hybridized carbons (Fsp3) is 0.700. The molecule has 1 unspecified atom stereocenters. The lowest BCUT2D eigenvalue weighted by atomic mass is 10.3. The van der Waals surface area contributed by atoms with Gasteiger partial charge in [-0.2, -0.15) is 0 Å². The van der Waals surface area contributed by atoms with Gasteiger partial charge >= 0.3 is 5.97 Å². The highest BCUT2D eigenvalue weighted by atomic mass is 16.6. The standard InChI is InChI=1S/C10H16O4/c1-2-10(11)13-6-4-3-5-12-7-9-8-14-9/h2,9H,1,3-8H2. The van der Waals surface area contributed by atoms with E-state index in [1.807, 2.05) is 0 Å². The first-order valence-corrected chi connectivity index (χ1v) is 4.81. The molecule has 0 aliphatic carbocycles. The molecule has 0 aromatic rings. The van der Waals surface area contributed by atoms with Crippen molar-refractivity contribution in [3.05, 3.63) is 12.7 Å². The molecule has 1 rings (SSSR count). The van der Waals surface area contributed by atoms with Crippen molar-refractivity contribution < 1.29 is 19.0 Å². The largest absolute Gasteiger partial charge is 0.463 e. The molecule has 0 amide bonds. The van der Waals surface area contributed by atoms with Gasteiger partial charge in [0.1, 0.15) is 6.10 Å². The summed E-state index contributed by atoms with van der Waals surface area (Å²) >= 11 is 0. The molecule has 0 saturated carbocycles. The van der Waals surface area contributed by atoms with Crippen LogP contribution in [0.25, 0.3) is 0 Å². The van der Waals surface area contributed by atoms with Crippen LogP contribution in [-0.4, -0.2) is 38.5 Å². The monoisotopic (exact) mass is 200 g/mol. The van der Waals surface area contributed by atoms with E-state index >= 15 is 0 Å². The summed E-state index contributed by atoms with van der Waals surface area (Å²) in [4.78, 5) is 10.6. The lowest BCUT2D eigenvalue weighted by molar-refractivity contribution is -0.137. The van der Waals surface area contributed by atoms with Crippen LogP contribution >= 0.6 is 0 Å². The van der Waals surface area contributed by atoms with E-state index in [9.17, 15) is 4.79 Å². The zero-order valence-electron chi connectivity index (χ0n) is 8.24. The highest BCUT2D eigenvalue weighted by molar-refractivity contribution is 5.81. The molecule has 14 heavy (non-hydrogen) atoms. The van der Waals surface area contributed by atoms with Gasteiger partial charge in [0.2, 0.25) is 0 Å². The molecule has 0 N–H and O–H groups in total. The minimum Gasteiger partial charge on any atom is -0.463 e. The van der Waals surface area contributed by atoms with Crippen LogP contribution in [0.4, 0.5) is 0 Å². The van der Waals surface area contributed by atoms with Crippen LogP contribution < -0.4 is 0 Å². The summed E-state index contributed by atoms with van der Waals surface area (Å²) in [6.45, 7) is 5.96. The summed E-state index contributed by atoms with van der Waals surface area (Å²) in [6.07, 6.45) is 3.22. The molecule has 0 spiro atoms. The van der Waals surface area contributed by atoms with Gasteiger partial charge < -0.3 is 14.2 Å². The van der Waals surface area contributed by atoms with Crippen LogP contribution in [0.5, 0.6) is 0 Å². The predicted molar refractivity (Wildman–Crippen MR) is 50.9 cm³/mol. The van der Waals surface area contributed by atoms with Gasteiger partial charge in [0.15, 0.2) is 0 Å². The Hall–Kier alpha value is -0.870. The predicted octanol–water partition coefficient (Wildman–Crippen LogP) is 0.911. The van der Waals surface area contributed by atoms with Crippen LogP contribution in [0.2, 0.25) is 0 Å². The number of ether oxygens (including phenoxy) is 3. The van der Waals surface area contributed by atoms with Gasteiger partial charge in [-0.15, -0.1) is 0 Å². The SMILES string of the molecule is C=CC(=O)OCCCCOCC1CO1. The second kappa shape index (κ2) is 6.56. The third-order valence-corrected chi connectivity index (χ3v) is 1.80. The Morgan fingerprint density at radius 2 is 2.21 bits per heavy atom. The fourth-order valence-electron chi connectivity index (χ4n) is 0.917. The minimum atomic E-state index is -0.364. The Kier molecular flexibility index (Phi) is 5.25. The number of hydrogen-bond donors (Lipinski definition) is 0. The number of carbonyl (C=O) groups is 1. The van der Waals surface area contributed by atoms with Crippen LogP contribution in [0, 0.1) is 0 Å². The van der Waals surface area contributed by atoms with Gasteiger partial charge in [-0.1, -0.05) is 6.58 Å². The van der Waals surface area contributed by atoms with Crippen LogP contribution in [0.1, 0.15) is 12.8 Å². The second-order valence-electron chi connectivity index (χ2n) is 3.11. The summed E-state index contributed by atoms with van der Waals surface area (Å²) in [7, 11) is 0. The average molecular weight is 200 g/mol. The Balaban J connectivity index is 1.74. The zero-order chi connectivity index (χ0) is 10.2. The first-order valence-electron chi connectivity index (χ1n) is 4.81. The molecule has 0 bridgehead atoms. The number of unbranched alkanes of at least 4 members (excludes halogenated alkanes) is 1. The van der Waals surface area contributed by atoms with Crippen molar-refractivity contribution >= 4 is 5.97 Å². The van der Waals surface area contributed by atoms with Crippen molar-refractivity contribution in [2.45, 2.75) is 18.9 Å². The Morgan fingerprint density at radius 3 is 2.86 bits per heavy atom. The normalized spacial score (nSPS) is 19.0. The summed E-state index contributed by atoms with van der Waals surface area (Å²) in [5, 5.41) is 0. The Labute approximate surface area is 83.8 Å². The van der Waals surface area contributed by atoms with Gasteiger partial charge in [-0.3, -0.25) is 0 Å². The van der Waals surface area contributed by atoms with Crippen molar-refractivity contribution in [1.29, 1.82) is 0 Å². The number of hydrogen-bond acceptors (Lipinski definition) is 4. The van der Waals surface area contributed by atoms with E-state index in [-0.39, 0.29) is 5.97 Å². The van der Waals surface area contributed by atoms with Crippen LogP contribution in [0.3, 0.4) is 0 Å². The molecule has 4 nitrogen and oxygen atoms in total. The van der Waals surface area contributed by atoms with E-state index in [2.05, 4.69) is 6.58 Å². The lowest BCUT2D eigenvalue weighted by Gasteiger charge is -2.02. The second-order valence-corrected chi connectivity index (χ2v) is 3.11. The number of epoxide rings is 1. The molecule has 1 saturated heterocycles. The molecule has 0 aromatic heterocycles. The molecule has 0 radical (unpaired) electrons.